The molecule has 0 N–H and O–H groups in total. The van der Waals surface area contributed by atoms with E-state index in [-0.39, 0.29) is 5.78 Å². The number of rotatable bonds is 5. The Bertz CT molecular complexity index is 622. The van der Waals surface area contributed by atoms with E-state index in [0.717, 1.165) is 17.6 Å². The minimum Gasteiger partial charge on any atom is -0.497 e. The molecule has 3 nitrogen and oxygen atoms in total. The second kappa shape index (κ2) is 6.48. The van der Waals surface area contributed by atoms with Crippen molar-refractivity contribution in [2.75, 3.05) is 7.11 Å². The predicted octanol–water partition coefficient (Wildman–Crippen LogP) is 3.40. The minimum atomic E-state index is -0.0767. The Morgan fingerprint density at radius 2 is 1.55 bits per heavy atom. The van der Waals surface area contributed by atoms with Crippen molar-refractivity contribution in [3.63, 3.8) is 0 Å². The molecule has 3 heteroatoms. The van der Waals surface area contributed by atoms with Crippen LogP contribution < -0.4 is 4.74 Å². The molecule has 0 heterocycles. The second-order valence-corrected chi connectivity index (χ2v) is 4.21. The van der Waals surface area contributed by atoms with E-state index in [1.54, 1.807) is 61.7 Å². The molecular weight excluding hydrogens is 252 g/mol. The normalized spacial score (nSPS) is 10.4. The molecule has 2 aromatic rings. The molecule has 0 amide bonds. The summed E-state index contributed by atoms with van der Waals surface area (Å²) in [5.41, 5.74) is 2.09. The van der Waals surface area contributed by atoms with E-state index >= 15 is 0 Å². The molecule has 0 aliphatic carbocycles. The summed E-state index contributed by atoms with van der Waals surface area (Å²) in [7, 11) is 1.58. The van der Waals surface area contributed by atoms with E-state index in [1.807, 2.05) is 0 Å². The first-order valence-corrected chi connectivity index (χ1v) is 6.14. The van der Waals surface area contributed by atoms with Gasteiger partial charge in [0.25, 0.3) is 0 Å². The van der Waals surface area contributed by atoms with Crippen molar-refractivity contribution in [1.29, 1.82) is 0 Å². The highest BCUT2D eigenvalue weighted by atomic mass is 16.5. The lowest BCUT2D eigenvalue weighted by molar-refractivity contribution is 0.104. The number of hydrogen-bond donors (Lipinski definition) is 0. The molecular formula is C17H14O3. The van der Waals surface area contributed by atoms with Crippen molar-refractivity contribution >= 4 is 18.1 Å². The topological polar surface area (TPSA) is 43.4 Å². The SMILES string of the molecule is COc1ccc(C(=O)/C=C/c2ccc(C=O)cc2)cc1. The fraction of sp³-hybridized carbons (Fsp3) is 0.0588. The number of aldehydes is 1. The van der Waals surface area contributed by atoms with Gasteiger partial charge in [0, 0.05) is 11.1 Å². The van der Waals surface area contributed by atoms with Gasteiger partial charge in [-0.25, -0.2) is 0 Å². The molecule has 0 aliphatic heterocycles. The van der Waals surface area contributed by atoms with Gasteiger partial charge in [-0.1, -0.05) is 30.3 Å². The molecule has 100 valence electrons. The average molecular weight is 266 g/mol. The molecule has 0 radical (unpaired) electrons. The van der Waals surface area contributed by atoms with Gasteiger partial charge in [0.2, 0.25) is 0 Å². The van der Waals surface area contributed by atoms with Crippen molar-refractivity contribution in [2.24, 2.45) is 0 Å². The van der Waals surface area contributed by atoms with Gasteiger partial charge in [-0.3, -0.25) is 9.59 Å². The quantitative estimate of drug-likeness (QED) is 0.473. The Morgan fingerprint density at radius 1 is 0.950 bits per heavy atom. The third-order valence-corrected chi connectivity index (χ3v) is 2.87. The van der Waals surface area contributed by atoms with Gasteiger partial charge in [0.15, 0.2) is 5.78 Å². The maximum absolute atomic E-state index is 12.0. The highest BCUT2D eigenvalue weighted by molar-refractivity contribution is 6.06. The Balaban J connectivity index is 2.08. The number of ketones is 1. The molecule has 0 saturated carbocycles. The average Bonchev–Trinajstić information content (AvgIpc) is 2.53. The summed E-state index contributed by atoms with van der Waals surface area (Å²) in [6.45, 7) is 0. The first-order chi connectivity index (χ1) is 9.72. The van der Waals surface area contributed by atoms with Crippen LogP contribution in [0.15, 0.2) is 54.6 Å². The largest absolute Gasteiger partial charge is 0.497 e. The zero-order valence-corrected chi connectivity index (χ0v) is 11.1. The molecule has 0 fully saturated rings. The van der Waals surface area contributed by atoms with E-state index in [2.05, 4.69) is 0 Å². The molecule has 0 unspecified atom stereocenters. The van der Waals surface area contributed by atoms with Crippen molar-refractivity contribution in [3.05, 3.63) is 71.3 Å². The predicted molar refractivity (Wildman–Crippen MR) is 78.2 cm³/mol. The summed E-state index contributed by atoms with van der Waals surface area (Å²) >= 11 is 0. The van der Waals surface area contributed by atoms with Gasteiger partial charge >= 0.3 is 0 Å². The Labute approximate surface area is 117 Å². The molecule has 2 aromatic carbocycles. The number of hydrogen-bond acceptors (Lipinski definition) is 3. The van der Waals surface area contributed by atoms with Crippen LogP contribution in [0.4, 0.5) is 0 Å². The third-order valence-electron chi connectivity index (χ3n) is 2.87. The molecule has 0 spiro atoms. The number of allylic oxidation sites excluding steroid dienone is 1. The maximum atomic E-state index is 12.0. The summed E-state index contributed by atoms with van der Waals surface area (Å²) < 4.78 is 5.04. The fourth-order valence-corrected chi connectivity index (χ4v) is 1.71. The highest BCUT2D eigenvalue weighted by Gasteiger charge is 2.01. The second-order valence-electron chi connectivity index (χ2n) is 4.21. The molecule has 0 saturated heterocycles. The Morgan fingerprint density at radius 3 is 2.10 bits per heavy atom. The van der Waals surface area contributed by atoms with E-state index < -0.39 is 0 Å². The molecule has 0 atom stereocenters. The Kier molecular flexibility index (Phi) is 4.45. The standard InChI is InChI=1S/C17H14O3/c1-20-16-9-7-15(8-10-16)17(19)11-6-13-2-4-14(12-18)5-3-13/h2-12H,1H3/b11-6+. The monoisotopic (exact) mass is 266 g/mol. The number of carbonyl (C=O) groups excluding carboxylic acids is 2. The lowest BCUT2D eigenvalue weighted by Gasteiger charge is -2.00. The van der Waals surface area contributed by atoms with Gasteiger partial charge in [-0.05, 0) is 35.9 Å². The van der Waals surface area contributed by atoms with Crippen LogP contribution in [0.1, 0.15) is 26.3 Å². The zero-order valence-electron chi connectivity index (χ0n) is 11.1. The summed E-state index contributed by atoms with van der Waals surface area (Å²) in [6, 6.07) is 14.0. The van der Waals surface area contributed by atoms with Crippen LogP contribution in [0.25, 0.3) is 6.08 Å². The van der Waals surface area contributed by atoms with Crippen LogP contribution in [0, 0.1) is 0 Å². The first-order valence-electron chi connectivity index (χ1n) is 6.14. The van der Waals surface area contributed by atoms with Crippen LogP contribution in [0.5, 0.6) is 5.75 Å². The van der Waals surface area contributed by atoms with Crippen LogP contribution >= 0.6 is 0 Å². The van der Waals surface area contributed by atoms with E-state index in [4.69, 9.17) is 4.74 Å². The van der Waals surface area contributed by atoms with E-state index in [1.165, 1.54) is 6.08 Å². The number of methoxy groups -OCH3 is 1. The van der Waals surface area contributed by atoms with Gasteiger partial charge in [-0.2, -0.15) is 0 Å². The first kappa shape index (κ1) is 13.7. The lowest BCUT2D eigenvalue weighted by atomic mass is 10.1. The maximum Gasteiger partial charge on any atom is 0.185 e. The zero-order chi connectivity index (χ0) is 14.4. The summed E-state index contributed by atoms with van der Waals surface area (Å²) in [4.78, 5) is 22.5. The number of benzene rings is 2. The number of carbonyl (C=O) groups is 2. The number of ether oxygens (including phenoxy) is 1. The molecule has 0 aliphatic rings. The van der Waals surface area contributed by atoms with E-state index in [0.29, 0.717) is 11.1 Å². The highest BCUT2D eigenvalue weighted by Crippen LogP contribution is 2.13. The van der Waals surface area contributed by atoms with Crippen molar-refractivity contribution < 1.29 is 14.3 Å². The van der Waals surface area contributed by atoms with Crippen LogP contribution in [0.2, 0.25) is 0 Å². The van der Waals surface area contributed by atoms with Crippen molar-refractivity contribution in [1.82, 2.24) is 0 Å². The van der Waals surface area contributed by atoms with Crippen molar-refractivity contribution in [3.8, 4) is 5.75 Å². The molecule has 20 heavy (non-hydrogen) atoms. The van der Waals surface area contributed by atoms with Crippen molar-refractivity contribution in [2.45, 2.75) is 0 Å². The molecule has 0 bridgehead atoms. The van der Waals surface area contributed by atoms with E-state index in [9.17, 15) is 9.59 Å². The minimum absolute atomic E-state index is 0.0767. The smallest absolute Gasteiger partial charge is 0.185 e. The Hall–Kier alpha value is -2.68. The van der Waals surface area contributed by atoms with Gasteiger partial charge in [0.05, 0.1) is 7.11 Å². The van der Waals surface area contributed by atoms with Gasteiger partial charge < -0.3 is 4.74 Å². The van der Waals surface area contributed by atoms with Gasteiger partial charge in [0.1, 0.15) is 12.0 Å². The van der Waals surface area contributed by atoms with Crippen LogP contribution in [-0.4, -0.2) is 19.2 Å². The fourth-order valence-electron chi connectivity index (χ4n) is 1.71. The van der Waals surface area contributed by atoms with Gasteiger partial charge in [-0.15, -0.1) is 0 Å². The summed E-state index contributed by atoms with van der Waals surface area (Å²) in [6.07, 6.45) is 4.02. The molecule has 0 aromatic heterocycles. The van der Waals surface area contributed by atoms with Crippen LogP contribution in [0.3, 0.4) is 0 Å². The third kappa shape index (κ3) is 3.42. The molecule has 2 rings (SSSR count). The summed E-state index contributed by atoms with van der Waals surface area (Å²) in [5.74, 6) is 0.641. The van der Waals surface area contributed by atoms with Crippen LogP contribution in [-0.2, 0) is 0 Å². The lowest BCUT2D eigenvalue weighted by Crippen LogP contribution is -1.94. The summed E-state index contributed by atoms with van der Waals surface area (Å²) in [5, 5.41) is 0.